The minimum atomic E-state index is -4.33. The van der Waals surface area contributed by atoms with Gasteiger partial charge in [0.2, 0.25) is 0 Å². The van der Waals surface area contributed by atoms with Crippen LogP contribution in [-0.2, 0) is 23.8 Å². The van der Waals surface area contributed by atoms with Crippen molar-refractivity contribution in [3.63, 3.8) is 0 Å². The predicted octanol–water partition coefficient (Wildman–Crippen LogP) is 6.45. The summed E-state index contributed by atoms with van der Waals surface area (Å²) in [5.74, 6) is -0.431. The van der Waals surface area contributed by atoms with E-state index in [2.05, 4.69) is 17.9 Å². The second kappa shape index (κ2) is 10.2. The smallest absolute Gasteiger partial charge is 0.416 e. The van der Waals surface area contributed by atoms with Gasteiger partial charge in [0.15, 0.2) is 6.61 Å². The SMILES string of the molecule is CCC(c1ccc(-c2ccc(C(F)(F)F)cc2)s1)N1CCc2ccc(OCC(=O)O)cc2CC1. The maximum absolute atomic E-state index is 12.9. The van der Waals surface area contributed by atoms with Crippen molar-refractivity contribution in [2.45, 2.75) is 38.4 Å². The Morgan fingerprint density at radius 1 is 1.06 bits per heavy atom. The minimum absolute atomic E-state index is 0.227. The van der Waals surface area contributed by atoms with Gasteiger partial charge in [-0.2, -0.15) is 13.2 Å². The molecule has 2 aromatic carbocycles. The molecule has 1 aliphatic heterocycles. The first kappa shape index (κ1) is 24.3. The molecule has 2 heterocycles. The summed E-state index contributed by atoms with van der Waals surface area (Å²) < 4.78 is 44.0. The van der Waals surface area contributed by atoms with E-state index in [1.807, 2.05) is 24.3 Å². The summed E-state index contributed by atoms with van der Waals surface area (Å²) in [5, 5.41) is 8.83. The highest BCUT2D eigenvalue weighted by molar-refractivity contribution is 7.15. The van der Waals surface area contributed by atoms with Crippen molar-refractivity contribution in [3.8, 4) is 16.2 Å². The zero-order chi connectivity index (χ0) is 24.3. The van der Waals surface area contributed by atoms with Gasteiger partial charge < -0.3 is 9.84 Å². The molecule has 8 heteroatoms. The molecule has 180 valence electrons. The number of benzene rings is 2. The maximum atomic E-state index is 12.9. The number of alkyl halides is 3. The maximum Gasteiger partial charge on any atom is 0.416 e. The van der Waals surface area contributed by atoms with E-state index in [-0.39, 0.29) is 12.6 Å². The first-order valence-electron chi connectivity index (χ1n) is 11.2. The van der Waals surface area contributed by atoms with Crippen LogP contribution in [0, 0.1) is 0 Å². The van der Waals surface area contributed by atoms with Crippen molar-refractivity contribution in [1.82, 2.24) is 4.90 Å². The average molecular weight is 490 g/mol. The molecule has 0 aliphatic carbocycles. The molecule has 0 fully saturated rings. The summed E-state index contributed by atoms with van der Waals surface area (Å²) in [7, 11) is 0. The number of carboxylic acids is 1. The number of halogens is 3. The fraction of sp³-hybridized carbons (Fsp3) is 0.346. The van der Waals surface area contributed by atoms with Gasteiger partial charge in [-0.25, -0.2) is 4.79 Å². The van der Waals surface area contributed by atoms with Crippen molar-refractivity contribution in [2.75, 3.05) is 19.7 Å². The molecule has 0 saturated carbocycles. The number of rotatable bonds is 7. The first-order valence-corrected chi connectivity index (χ1v) is 12.0. The number of thiophene rings is 1. The van der Waals surface area contributed by atoms with Gasteiger partial charge in [0.05, 0.1) is 5.56 Å². The van der Waals surface area contributed by atoms with E-state index >= 15 is 0 Å². The number of ether oxygens (including phenoxy) is 1. The Balaban J connectivity index is 1.46. The van der Waals surface area contributed by atoms with E-state index in [0.717, 1.165) is 54.9 Å². The van der Waals surface area contributed by atoms with E-state index < -0.39 is 17.7 Å². The van der Waals surface area contributed by atoms with Crippen molar-refractivity contribution >= 4 is 17.3 Å². The molecule has 1 aromatic heterocycles. The highest BCUT2D eigenvalue weighted by Crippen LogP contribution is 2.37. The van der Waals surface area contributed by atoms with Gasteiger partial charge in [-0.3, -0.25) is 4.90 Å². The zero-order valence-corrected chi connectivity index (χ0v) is 19.6. The van der Waals surface area contributed by atoms with Crippen molar-refractivity contribution in [2.24, 2.45) is 0 Å². The number of carboxylic acid groups (broad SMARTS) is 1. The third-order valence-electron chi connectivity index (χ3n) is 6.16. The molecule has 34 heavy (non-hydrogen) atoms. The van der Waals surface area contributed by atoms with Gasteiger partial charge in [-0.15, -0.1) is 11.3 Å². The Bertz CT molecular complexity index is 1140. The van der Waals surface area contributed by atoms with Crippen LogP contribution in [0.5, 0.6) is 5.75 Å². The number of fused-ring (bicyclic) bond motifs is 1. The lowest BCUT2D eigenvalue weighted by Gasteiger charge is -2.29. The molecule has 0 amide bonds. The second-order valence-electron chi connectivity index (χ2n) is 8.35. The standard InChI is InChI=1S/C26H26F3NO3S/c1-2-22(24-10-9-23(34-24)18-3-6-20(7-4-18)26(27,28)29)30-13-11-17-5-8-21(33-16-25(31)32)15-19(17)12-14-30/h3-10,15,22H,2,11-14,16H2,1H3,(H,31,32). The van der Waals surface area contributed by atoms with Crippen LogP contribution in [-0.4, -0.2) is 35.7 Å². The Kier molecular flexibility index (Phi) is 7.28. The van der Waals surface area contributed by atoms with Gasteiger partial charge in [-0.1, -0.05) is 25.1 Å². The molecular weight excluding hydrogens is 463 g/mol. The summed E-state index contributed by atoms with van der Waals surface area (Å²) in [6, 6.07) is 15.4. The molecule has 1 unspecified atom stereocenters. The summed E-state index contributed by atoms with van der Waals surface area (Å²) in [6.07, 6.45) is -1.67. The summed E-state index contributed by atoms with van der Waals surface area (Å²) >= 11 is 1.63. The summed E-state index contributed by atoms with van der Waals surface area (Å²) in [5.41, 5.74) is 2.57. The predicted molar refractivity (Wildman–Crippen MR) is 126 cm³/mol. The largest absolute Gasteiger partial charge is 0.482 e. The highest BCUT2D eigenvalue weighted by atomic mass is 32.1. The van der Waals surface area contributed by atoms with Gasteiger partial charge in [0.25, 0.3) is 0 Å². The Hall–Kier alpha value is -2.84. The van der Waals surface area contributed by atoms with Gasteiger partial charge in [0.1, 0.15) is 5.75 Å². The fourth-order valence-electron chi connectivity index (χ4n) is 4.42. The van der Waals surface area contributed by atoms with Gasteiger partial charge >= 0.3 is 12.1 Å². The molecule has 0 bridgehead atoms. The highest BCUT2D eigenvalue weighted by Gasteiger charge is 2.30. The van der Waals surface area contributed by atoms with Crippen LogP contribution in [0.15, 0.2) is 54.6 Å². The number of nitrogens with zero attached hydrogens (tertiary/aromatic N) is 1. The molecule has 3 aromatic rings. The topological polar surface area (TPSA) is 49.8 Å². The Morgan fingerprint density at radius 2 is 1.76 bits per heavy atom. The monoisotopic (exact) mass is 489 g/mol. The molecule has 0 spiro atoms. The van der Waals surface area contributed by atoms with E-state index in [1.165, 1.54) is 28.1 Å². The molecule has 1 aliphatic rings. The molecule has 1 N–H and O–H groups in total. The molecule has 0 radical (unpaired) electrons. The number of aliphatic carboxylic acids is 1. The van der Waals surface area contributed by atoms with E-state index in [9.17, 15) is 18.0 Å². The molecular formula is C26H26F3NO3S. The van der Waals surface area contributed by atoms with E-state index in [0.29, 0.717) is 5.75 Å². The molecule has 0 saturated heterocycles. The molecule has 1 atom stereocenters. The lowest BCUT2D eigenvalue weighted by molar-refractivity contribution is -0.139. The minimum Gasteiger partial charge on any atom is -0.482 e. The van der Waals surface area contributed by atoms with E-state index in [1.54, 1.807) is 11.3 Å². The number of hydrogen-bond acceptors (Lipinski definition) is 4. The summed E-state index contributed by atoms with van der Waals surface area (Å²) in [6.45, 7) is 3.55. The lowest BCUT2D eigenvalue weighted by atomic mass is 10.0. The summed E-state index contributed by atoms with van der Waals surface area (Å²) in [4.78, 5) is 15.4. The first-order chi connectivity index (χ1) is 16.2. The van der Waals surface area contributed by atoms with E-state index in [4.69, 9.17) is 9.84 Å². The van der Waals surface area contributed by atoms with Crippen molar-refractivity contribution in [1.29, 1.82) is 0 Å². The molecule has 4 nitrogen and oxygen atoms in total. The van der Waals surface area contributed by atoms with Crippen LogP contribution in [0.4, 0.5) is 13.2 Å². The zero-order valence-electron chi connectivity index (χ0n) is 18.8. The van der Waals surface area contributed by atoms with Crippen LogP contribution in [0.2, 0.25) is 0 Å². The lowest BCUT2D eigenvalue weighted by Crippen LogP contribution is -2.30. The van der Waals surface area contributed by atoms with Crippen LogP contribution in [0.3, 0.4) is 0 Å². The van der Waals surface area contributed by atoms with Crippen LogP contribution in [0.25, 0.3) is 10.4 Å². The molecule has 4 rings (SSSR count). The van der Waals surface area contributed by atoms with Crippen LogP contribution in [0.1, 0.15) is 41.0 Å². The Labute approximate surface area is 200 Å². The van der Waals surface area contributed by atoms with Gasteiger partial charge in [0, 0.05) is 28.9 Å². The van der Waals surface area contributed by atoms with Crippen molar-refractivity contribution in [3.05, 3.63) is 76.2 Å². The van der Waals surface area contributed by atoms with Gasteiger partial charge in [-0.05, 0) is 72.4 Å². The third-order valence-corrected chi connectivity index (χ3v) is 7.39. The quantitative estimate of drug-likeness (QED) is 0.414. The third kappa shape index (κ3) is 5.62. The second-order valence-corrected chi connectivity index (χ2v) is 9.47. The Morgan fingerprint density at radius 3 is 2.41 bits per heavy atom. The van der Waals surface area contributed by atoms with Crippen LogP contribution < -0.4 is 4.74 Å². The average Bonchev–Trinajstić information content (AvgIpc) is 3.20. The fourth-order valence-corrected chi connectivity index (χ4v) is 5.65. The number of carbonyl (C=O) groups is 1. The van der Waals surface area contributed by atoms with Crippen molar-refractivity contribution < 1.29 is 27.8 Å². The number of hydrogen-bond donors (Lipinski definition) is 1. The van der Waals surface area contributed by atoms with Crippen LogP contribution >= 0.6 is 11.3 Å². The normalized spacial score (nSPS) is 15.4.